The number of rotatable bonds is 8. The normalized spacial score (nSPS) is 11.4. The molecule has 5 nitrogen and oxygen atoms in total. The van der Waals surface area contributed by atoms with Crippen molar-refractivity contribution in [1.29, 1.82) is 0 Å². The maximum Gasteiger partial charge on any atom is 0.387 e. The van der Waals surface area contributed by atoms with E-state index in [1.807, 2.05) is 12.1 Å². The van der Waals surface area contributed by atoms with Crippen LogP contribution >= 0.6 is 0 Å². The topological polar surface area (TPSA) is 53.9 Å². The number of hydrogen-bond acceptors (Lipinski definition) is 4. The zero-order valence-corrected chi connectivity index (χ0v) is 15.6. The lowest BCUT2D eigenvalue weighted by Crippen LogP contribution is -2.22. The number of halogens is 2. The molecule has 0 saturated heterocycles. The molecule has 27 heavy (non-hydrogen) atoms. The average Bonchev–Trinajstić information content (AvgIpc) is 2.67. The van der Waals surface area contributed by atoms with Crippen molar-refractivity contribution in [3.8, 4) is 5.75 Å². The Hall–Kier alpha value is -2.96. The molecule has 0 heterocycles. The van der Waals surface area contributed by atoms with E-state index in [1.165, 1.54) is 6.07 Å². The SMILES string of the molecule is CCN(CC)c1ccc(C(=O)N/N=C(\C)c2ccccc2OC(F)F)cc1. The molecular formula is C20H23F2N3O2. The van der Waals surface area contributed by atoms with E-state index in [1.54, 1.807) is 37.3 Å². The van der Waals surface area contributed by atoms with Crippen LogP contribution in [0.2, 0.25) is 0 Å². The zero-order valence-electron chi connectivity index (χ0n) is 15.6. The van der Waals surface area contributed by atoms with E-state index in [9.17, 15) is 13.6 Å². The molecule has 0 saturated carbocycles. The van der Waals surface area contributed by atoms with Gasteiger partial charge >= 0.3 is 6.61 Å². The summed E-state index contributed by atoms with van der Waals surface area (Å²) in [6.07, 6.45) is 0. The summed E-state index contributed by atoms with van der Waals surface area (Å²) >= 11 is 0. The molecule has 0 aromatic heterocycles. The second kappa shape index (κ2) is 9.66. The number of alkyl halides is 2. The highest BCUT2D eigenvalue weighted by Crippen LogP contribution is 2.21. The van der Waals surface area contributed by atoms with Gasteiger partial charge in [0.2, 0.25) is 0 Å². The van der Waals surface area contributed by atoms with Crippen molar-refractivity contribution < 1.29 is 18.3 Å². The summed E-state index contributed by atoms with van der Waals surface area (Å²) < 4.78 is 29.5. The van der Waals surface area contributed by atoms with E-state index >= 15 is 0 Å². The second-order valence-corrected chi connectivity index (χ2v) is 5.73. The fourth-order valence-corrected chi connectivity index (χ4v) is 2.64. The average molecular weight is 375 g/mol. The molecule has 2 rings (SSSR count). The molecule has 0 radical (unpaired) electrons. The number of carbonyl (C=O) groups excluding carboxylic acids is 1. The summed E-state index contributed by atoms with van der Waals surface area (Å²) in [6, 6.07) is 13.5. The van der Waals surface area contributed by atoms with Crippen LogP contribution in [0.15, 0.2) is 53.6 Å². The Balaban J connectivity index is 2.10. The van der Waals surface area contributed by atoms with Crippen molar-refractivity contribution >= 4 is 17.3 Å². The Bertz CT molecular complexity index is 788. The van der Waals surface area contributed by atoms with Crippen molar-refractivity contribution in [2.75, 3.05) is 18.0 Å². The van der Waals surface area contributed by atoms with Gasteiger partial charge in [0.1, 0.15) is 5.75 Å². The minimum Gasteiger partial charge on any atom is -0.434 e. The van der Waals surface area contributed by atoms with Gasteiger partial charge in [-0.2, -0.15) is 13.9 Å². The van der Waals surface area contributed by atoms with E-state index < -0.39 is 6.61 Å². The van der Waals surface area contributed by atoms with Crippen LogP contribution in [0.1, 0.15) is 36.7 Å². The smallest absolute Gasteiger partial charge is 0.387 e. The summed E-state index contributed by atoms with van der Waals surface area (Å²) in [5.74, 6) is -0.376. The molecule has 0 fully saturated rings. The molecule has 0 aliphatic heterocycles. The Morgan fingerprint density at radius 3 is 2.33 bits per heavy atom. The number of nitrogens with one attached hydrogen (secondary N) is 1. The molecule has 1 amide bonds. The van der Waals surface area contributed by atoms with Crippen LogP contribution in [0.4, 0.5) is 14.5 Å². The van der Waals surface area contributed by atoms with Gasteiger partial charge in [-0.15, -0.1) is 0 Å². The maximum atomic E-state index is 12.5. The van der Waals surface area contributed by atoms with E-state index in [4.69, 9.17) is 0 Å². The standard InChI is InChI=1S/C20H23F2N3O2/c1-4-25(5-2)16-12-10-15(11-13-16)19(26)24-23-14(3)17-8-6-7-9-18(17)27-20(21)22/h6-13,20H,4-5H2,1-3H3,(H,24,26)/b23-14+. The predicted molar refractivity (Wildman–Crippen MR) is 103 cm³/mol. The van der Waals surface area contributed by atoms with Gasteiger partial charge in [-0.05, 0) is 57.2 Å². The molecule has 0 atom stereocenters. The Kier molecular flexibility index (Phi) is 7.28. The molecule has 144 valence electrons. The molecule has 0 unspecified atom stereocenters. The number of benzene rings is 2. The Labute approximate surface area is 157 Å². The third-order valence-corrected chi connectivity index (χ3v) is 4.08. The van der Waals surface area contributed by atoms with Gasteiger partial charge in [0, 0.05) is 29.9 Å². The Morgan fingerprint density at radius 1 is 1.11 bits per heavy atom. The number of nitrogens with zero attached hydrogens (tertiary/aromatic N) is 2. The third kappa shape index (κ3) is 5.51. The summed E-state index contributed by atoms with van der Waals surface area (Å²) in [4.78, 5) is 14.5. The van der Waals surface area contributed by atoms with Crippen LogP contribution in [0, 0.1) is 0 Å². The fraction of sp³-hybridized carbons (Fsp3) is 0.300. The zero-order chi connectivity index (χ0) is 19.8. The van der Waals surface area contributed by atoms with Gasteiger partial charge < -0.3 is 9.64 Å². The second-order valence-electron chi connectivity index (χ2n) is 5.73. The lowest BCUT2D eigenvalue weighted by atomic mass is 10.1. The van der Waals surface area contributed by atoms with Gasteiger partial charge in [-0.25, -0.2) is 5.43 Å². The predicted octanol–water partition coefficient (Wildman–Crippen LogP) is 4.29. The van der Waals surface area contributed by atoms with Gasteiger partial charge in [-0.1, -0.05) is 12.1 Å². The van der Waals surface area contributed by atoms with Crippen LogP contribution in [-0.4, -0.2) is 31.3 Å². The molecule has 0 aliphatic rings. The van der Waals surface area contributed by atoms with E-state index in [-0.39, 0.29) is 11.7 Å². The molecular weight excluding hydrogens is 352 g/mol. The fourth-order valence-electron chi connectivity index (χ4n) is 2.64. The van der Waals surface area contributed by atoms with E-state index in [2.05, 4.69) is 34.0 Å². The monoisotopic (exact) mass is 375 g/mol. The third-order valence-electron chi connectivity index (χ3n) is 4.08. The maximum absolute atomic E-state index is 12.5. The number of amides is 1. The summed E-state index contributed by atoms with van der Waals surface area (Å²) in [5, 5.41) is 4.01. The first-order valence-electron chi connectivity index (χ1n) is 8.70. The molecule has 0 spiro atoms. The van der Waals surface area contributed by atoms with Gasteiger partial charge in [0.15, 0.2) is 0 Å². The largest absolute Gasteiger partial charge is 0.434 e. The van der Waals surface area contributed by atoms with Crippen molar-refractivity contribution in [3.05, 3.63) is 59.7 Å². The van der Waals surface area contributed by atoms with Gasteiger partial charge in [0.05, 0.1) is 5.71 Å². The first-order chi connectivity index (χ1) is 13.0. The molecule has 0 bridgehead atoms. The highest BCUT2D eigenvalue weighted by atomic mass is 19.3. The number of anilines is 1. The van der Waals surface area contributed by atoms with Crippen LogP contribution in [0.25, 0.3) is 0 Å². The minimum atomic E-state index is -2.93. The van der Waals surface area contributed by atoms with Gasteiger partial charge in [0.25, 0.3) is 5.91 Å². The number of hydrogen-bond donors (Lipinski definition) is 1. The molecule has 7 heteroatoms. The summed E-state index contributed by atoms with van der Waals surface area (Å²) in [6.45, 7) is 4.57. The minimum absolute atomic E-state index is 0.00609. The number of hydrazone groups is 1. The highest BCUT2D eigenvalue weighted by molar-refractivity contribution is 6.02. The van der Waals surface area contributed by atoms with Crippen LogP contribution in [-0.2, 0) is 0 Å². The Morgan fingerprint density at radius 2 is 1.74 bits per heavy atom. The van der Waals surface area contributed by atoms with Crippen molar-refractivity contribution in [2.45, 2.75) is 27.4 Å². The molecule has 2 aromatic rings. The quantitative estimate of drug-likeness (QED) is 0.553. The highest BCUT2D eigenvalue weighted by Gasteiger charge is 2.12. The molecule has 0 aliphatic carbocycles. The van der Waals surface area contributed by atoms with Crippen molar-refractivity contribution in [3.63, 3.8) is 0 Å². The first kappa shape index (κ1) is 20.4. The van der Waals surface area contributed by atoms with Gasteiger partial charge in [-0.3, -0.25) is 4.79 Å². The lowest BCUT2D eigenvalue weighted by Gasteiger charge is -2.20. The van der Waals surface area contributed by atoms with Crippen molar-refractivity contribution in [2.24, 2.45) is 5.10 Å². The van der Waals surface area contributed by atoms with E-state index in [0.717, 1.165) is 18.8 Å². The molecule has 2 aromatic carbocycles. The van der Waals surface area contributed by atoms with Crippen LogP contribution in [0.5, 0.6) is 5.75 Å². The molecule has 1 N–H and O–H groups in total. The summed E-state index contributed by atoms with van der Waals surface area (Å²) in [5.41, 5.74) is 4.69. The number of ether oxygens (including phenoxy) is 1. The first-order valence-corrected chi connectivity index (χ1v) is 8.70. The summed E-state index contributed by atoms with van der Waals surface area (Å²) in [7, 11) is 0. The van der Waals surface area contributed by atoms with Crippen LogP contribution in [0.3, 0.4) is 0 Å². The lowest BCUT2D eigenvalue weighted by molar-refractivity contribution is -0.0499. The van der Waals surface area contributed by atoms with E-state index in [0.29, 0.717) is 16.8 Å². The number of para-hydroxylation sites is 1. The number of carbonyl (C=O) groups is 1. The van der Waals surface area contributed by atoms with Crippen molar-refractivity contribution in [1.82, 2.24) is 5.43 Å². The van der Waals surface area contributed by atoms with Crippen LogP contribution < -0.4 is 15.1 Å².